The molecule has 1 unspecified atom stereocenters. The lowest BCUT2D eigenvalue weighted by Gasteiger charge is -2.12. The van der Waals surface area contributed by atoms with Gasteiger partial charge in [-0.15, -0.1) is 0 Å². The molecule has 0 amide bonds. The van der Waals surface area contributed by atoms with Crippen LogP contribution in [0, 0.1) is 13.8 Å². The number of oxazole rings is 1. The van der Waals surface area contributed by atoms with E-state index in [0.717, 1.165) is 11.4 Å². The van der Waals surface area contributed by atoms with Gasteiger partial charge in [0, 0.05) is 11.8 Å². The SMILES string of the molecule is Cc1coc(SCC(N)c2ccccc2C)n1. The summed E-state index contributed by atoms with van der Waals surface area (Å²) >= 11 is 1.55. The summed E-state index contributed by atoms with van der Waals surface area (Å²) in [5.74, 6) is 0.769. The van der Waals surface area contributed by atoms with Crippen LogP contribution in [0.15, 0.2) is 40.2 Å². The first-order chi connectivity index (χ1) is 8.16. The van der Waals surface area contributed by atoms with Crippen molar-refractivity contribution >= 4 is 11.8 Å². The van der Waals surface area contributed by atoms with Gasteiger partial charge >= 0.3 is 0 Å². The lowest BCUT2D eigenvalue weighted by Crippen LogP contribution is -2.14. The minimum Gasteiger partial charge on any atom is -0.440 e. The van der Waals surface area contributed by atoms with Gasteiger partial charge in [-0.05, 0) is 25.0 Å². The van der Waals surface area contributed by atoms with Crippen LogP contribution >= 0.6 is 11.8 Å². The van der Waals surface area contributed by atoms with Crippen LogP contribution in [-0.2, 0) is 0 Å². The van der Waals surface area contributed by atoms with Crippen molar-refractivity contribution in [1.29, 1.82) is 0 Å². The van der Waals surface area contributed by atoms with E-state index in [0.29, 0.717) is 5.22 Å². The van der Waals surface area contributed by atoms with Gasteiger partial charge in [-0.25, -0.2) is 4.98 Å². The van der Waals surface area contributed by atoms with Crippen molar-refractivity contribution in [3.63, 3.8) is 0 Å². The fourth-order valence-electron chi connectivity index (χ4n) is 1.65. The molecule has 0 bridgehead atoms. The molecule has 2 aromatic rings. The summed E-state index contributed by atoms with van der Waals surface area (Å²) in [5, 5.41) is 0.687. The van der Waals surface area contributed by atoms with Crippen LogP contribution in [0.1, 0.15) is 22.9 Å². The monoisotopic (exact) mass is 248 g/mol. The van der Waals surface area contributed by atoms with Crippen LogP contribution in [0.3, 0.4) is 0 Å². The van der Waals surface area contributed by atoms with Gasteiger partial charge < -0.3 is 10.2 Å². The number of nitrogens with zero attached hydrogens (tertiary/aromatic N) is 1. The van der Waals surface area contributed by atoms with Crippen LogP contribution < -0.4 is 5.73 Å². The van der Waals surface area contributed by atoms with Crippen molar-refractivity contribution < 1.29 is 4.42 Å². The molecule has 0 fully saturated rings. The normalized spacial score (nSPS) is 12.6. The molecule has 0 aliphatic carbocycles. The number of hydrogen-bond acceptors (Lipinski definition) is 4. The van der Waals surface area contributed by atoms with Gasteiger partial charge in [0.05, 0.1) is 5.69 Å². The smallest absolute Gasteiger partial charge is 0.255 e. The molecule has 1 heterocycles. The highest BCUT2D eigenvalue weighted by molar-refractivity contribution is 7.99. The van der Waals surface area contributed by atoms with Gasteiger partial charge in [0.25, 0.3) is 5.22 Å². The summed E-state index contributed by atoms with van der Waals surface area (Å²) in [4.78, 5) is 4.24. The summed E-state index contributed by atoms with van der Waals surface area (Å²) in [6.45, 7) is 3.99. The highest BCUT2D eigenvalue weighted by Crippen LogP contribution is 2.24. The standard InChI is InChI=1S/C13H16N2OS/c1-9-5-3-4-6-11(9)12(14)8-17-13-15-10(2)7-16-13/h3-7,12H,8,14H2,1-2H3. The van der Waals surface area contributed by atoms with Crippen molar-refractivity contribution in [2.24, 2.45) is 5.73 Å². The van der Waals surface area contributed by atoms with Crippen molar-refractivity contribution in [2.45, 2.75) is 25.1 Å². The molecule has 3 nitrogen and oxygen atoms in total. The minimum absolute atomic E-state index is 0.00778. The van der Waals surface area contributed by atoms with Crippen LogP contribution in [0.5, 0.6) is 0 Å². The van der Waals surface area contributed by atoms with Crippen LogP contribution in [0.4, 0.5) is 0 Å². The highest BCUT2D eigenvalue weighted by Gasteiger charge is 2.10. The van der Waals surface area contributed by atoms with Gasteiger partial charge in [-0.1, -0.05) is 36.0 Å². The highest BCUT2D eigenvalue weighted by atomic mass is 32.2. The largest absolute Gasteiger partial charge is 0.440 e. The second kappa shape index (κ2) is 5.38. The Bertz CT molecular complexity index is 496. The molecule has 0 radical (unpaired) electrons. The number of rotatable bonds is 4. The van der Waals surface area contributed by atoms with Gasteiger partial charge in [-0.3, -0.25) is 0 Å². The fraction of sp³-hybridized carbons (Fsp3) is 0.308. The van der Waals surface area contributed by atoms with Crippen molar-refractivity contribution in [3.05, 3.63) is 47.3 Å². The third-order valence-corrected chi connectivity index (χ3v) is 3.53. The van der Waals surface area contributed by atoms with Gasteiger partial charge in [0.1, 0.15) is 6.26 Å². The zero-order valence-corrected chi connectivity index (χ0v) is 10.8. The Kier molecular flexibility index (Phi) is 3.86. The zero-order valence-electron chi connectivity index (χ0n) is 10.0. The number of benzene rings is 1. The van der Waals surface area contributed by atoms with E-state index in [4.69, 9.17) is 10.2 Å². The lowest BCUT2D eigenvalue weighted by molar-refractivity contribution is 0.453. The maximum absolute atomic E-state index is 6.16. The molecule has 0 aliphatic rings. The maximum atomic E-state index is 6.16. The molecule has 0 spiro atoms. The second-order valence-electron chi connectivity index (χ2n) is 4.03. The summed E-state index contributed by atoms with van der Waals surface area (Å²) in [6, 6.07) is 8.20. The minimum atomic E-state index is 0.00778. The third kappa shape index (κ3) is 3.11. The van der Waals surface area contributed by atoms with E-state index >= 15 is 0 Å². The van der Waals surface area contributed by atoms with Gasteiger partial charge in [0.15, 0.2) is 0 Å². The Balaban J connectivity index is 1.98. The molecule has 1 aromatic carbocycles. The quantitative estimate of drug-likeness (QED) is 0.845. The Labute approximate surface area is 105 Å². The molecular weight excluding hydrogens is 232 g/mol. The molecular formula is C13H16N2OS. The van der Waals surface area contributed by atoms with Crippen LogP contribution in [0.25, 0.3) is 0 Å². The fourth-order valence-corrected chi connectivity index (χ4v) is 2.48. The topological polar surface area (TPSA) is 52.0 Å². The average molecular weight is 248 g/mol. The summed E-state index contributed by atoms with van der Waals surface area (Å²) in [7, 11) is 0. The molecule has 17 heavy (non-hydrogen) atoms. The molecule has 0 saturated carbocycles. The Morgan fingerprint density at radius 1 is 1.35 bits per heavy atom. The molecule has 2 rings (SSSR count). The number of nitrogens with two attached hydrogens (primary N) is 1. The number of aryl methyl sites for hydroxylation is 2. The Morgan fingerprint density at radius 2 is 2.12 bits per heavy atom. The number of aromatic nitrogens is 1. The zero-order chi connectivity index (χ0) is 12.3. The van der Waals surface area contributed by atoms with Crippen molar-refractivity contribution in [3.8, 4) is 0 Å². The molecule has 2 N–H and O–H groups in total. The van der Waals surface area contributed by atoms with Gasteiger partial charge in [-0.2, -0.15) is 0 Å². The summed E-state index contributed by atoms with van der Waals surface area (Å²) in [6.07, 6.45) is 1.65. The summed E-state index contributed by atoms with van der Waals surface area (Å²) in [5.41, 5.74) is 9.47. The molecule has 0 saturated heterocycles. The maximum Gasteiger partial charge on any atom is 0.255 e. The molecule has 90 valence electrons. The molecule has 1 atom stereocenters. The van der Waals surface area contributed by atoms with E-state index in [-0.39, 0.29) is 6.04 Å². The number of thioether (sulfide) groups is 1. The second-order valence-corrected chi connectivity index (χ2v) is 5.00. The predicted octanol–water partition coefficient (Wildman–Crippen LogP) is 3.08. The Hall–Kier alpha value is -1.26. The Morgan fingerprint density at radius 3 is 2.76 bits per heavy atom. The molecule has 4 heteroatoms. The first kappa shape index (κ1) is 12.2. The predicted molar refractivity (Wildman–Crippen MR) is 70.1 cm³/mol. The van der Waals surface area contributed by atoms with Gasteiger partial charge in [0.2, 0.25) is 0 Å². The molecule has 1 aromatic heterocycles. The van der Waals surface area contributed by atoms with E-state index in [1.54, 1.807) is 18.0 Å². The van der Waals surface area contributed by atoms with Crippen molar-refractivity contribution in [1.82, 2.24) is 4.98 Å². The van der Waals surface area contributed by atoms with E-state index in [1.165, 1.54) is 11.1 Å². The number of hydrogen-bond donors (Lipinski definition) is 1. The third-order valence-electron chi connectivity index (χ3n) is 2.57. The lowest BCUT2D eigenvalue weighted by atomic mass is 10.0. The van der Waals surface area contributed by atoms with Crippen LogP contribution in [0.2, 0.25) is 0 Å². The average Bonchev–Trinajstić information content (AvgIpc) is 2.73. The van der Waals surface area contributed by atoms with E-state index in [1.807, 2.05) is 19.1 Å². The van der Waals surface area contributed by atoms with E-state index in [9.17, 15) is 0 Å². The van der Waals surface area contributed by atoms with E-state index in [2.05, 4.69) is 24.0 Å². The first-order valence-corrected chi connectivity index (χ1v) is 6.51. The van der Waals surface area contributed by atoms with E-state index < -0.39 is 0 Å². The first-order valence-electron chi connectivity index (χ1n) is 5.53. The van der Waals surface area contributed by atoms with Crippen LogP contribution in [-0.4, -0.2) is 10.7 Å². The molecule has 0 aliphatic heterocycles. The summed E-state index contributed by atoms with van der Waals surface area (Å²) < 4.78 is 5.28. The van der Waals surface area contributed by atoms with Crippen molar-refractivity contribution in [2.75, 3.05) is 5.75 Å².